The normalized spacial score (nSPS) is 15.5. The first kappa shape index (κ1) is 23.3. The van der Waals surface area contributed by atoms with Gasteiger partial charge in [-0.1, -0.05) is 30.0 Å². The van der Waals surface area contributed by atoms with E-state index in [0.717, 1.165) is 0 Å². The fraction of sp³-hybridized carbons (Fsp3) is 0.261. The van der Waals surface area contributed by atoms with Crippen molar-refractivity contribution < 1.29 is 23.5 Å². The number of nitrogens with zero attached hydrogens (tertiary/aromatic N) is 1. The van der Waals surface area contributed by atoms with Gasteiger partial charge >= 0.3 is 5.97 Å². The van der Waals surface area contributed by atoms with E-state index in [9.17, 15) is 14.0 Å². The summed E-state index contributed by atoms with van der Waals surface area (Å²) in [7, 11) is 1.56. The number of carbonyl (C=O) groups is 2. The number of hydrogen-bond donors (Lipinski definition) is 2. The maximum atomic E-state index is 13.4. The van der Waals surface area contributed by atoms with E-state index in [1.165, 1.54) is 23.9 Å². The minimum absolute atomic E-state index is 0.0984. The van der Waals surface area contributed by atoms with Gasteiger partial charge in [-0.05, 0) is 43.7 Å². The van der Waals surface area contributed by atoms with Crippen molar-refractivity contribution >= 4 is 34.5 Å². The van der Waals surface area contributed by atoms with E-state index in [2.05, 4.69) is 15.6 Å². The van der Waals surface area contributed by atoms with Gasteiger partial charge in [0.05, 0.1) is 25.0 Å². The third-order valence-electron chi connectivity index (χ3n) is 4.59. The lowest BCUT2D eigenvalue weighted by molar-refractivity contribution is -0.139. The predicted octanol–water partition coefficient (Wildman–Crippen LogP) is 4.04. The Morgan fingerprint density at radius 1 is 1.22 bits per heavy atom. The summed E-state index contributed by atoms with van der Waals surface area (Å²) in [6.07, 6.45) is 0. The average Bonchev–Trinajstić information content (AvgIpc) is 2.78. The third-order valence-corrected chi connectivity index (χ3v) is 5.48. The van der Waals surface area contributed by atoms with Gasteiger partial charge in [0.1, 0.15) is 17.6 Å². The van der Waals surface area contributed by atoms with Crippen molar-refractivity contribution in [2.24, 2.45) is 4.99 Å². The molecular weight excluding hydrogens is 433 g/mol. The van der Waals surface area contributed by atoms with Crippen molar-refractivity contribution in [2.75, 3.05) is 24.8 Å². The fourth-order valence-corrected chi connectivity index (χ4v) is 3.86. The zero-order chi connectivity index (χ0) is 23.1. The number of carbonyl (C=O) groups excluding carboxylic acids is 2. The lowest BCUT2D eigenvalue weighted by Crippen LogP contribution is -2.31. The van der Waals surface area contributed by atoms with Crippen LogP contribution in [0, 0.1) is 5.82 Å². The highest BCUT2D eigenvalue weighted by molar-refractivity contribution is 8.14. The molecule has 0 fully saturated rings. The lowest BCUT2D eigenvalue weighted by Gasteiger charge is -2.25. The van der Waals surface area contributed by atoms with E-state index in [4.69, 9.17) is 9.47 Å². The molecule has 7 nitrogen and oxygen atoms in total. The number of ether oxygens (including phenoxy) is 2. The number of methoxy groups -OCH3 is 1. The van der Waals surface area contributed by atoms with E-state index in [1.807, 2.05) is 0 Å². The number of aliphatic imine (C=N–C) groups is 1. The Balaban J connectivity index is 1.75. The number of thioether (sulfide) groups is 1. The highest BCUT2D eigenvalue weighted by atomic mass is 32.2. The Kier molecular flexibility index (Phi) is 7.88. The molecule has 0 aliphatic carbocycles. The lowest BCUT2D eigenvalue weighted by atomic mass is 9.96. The molecule has 0 saturated carbocycles. The number of allylic oxidation sites excluding steroid dienone is 1. The maximum absolute atomic E-state index is 13.4. The molecule has 0 unspecified atom stereocenters. The van der Waals surface area contributed by atoms with Gasteiger partial charge in [0.15, 0.2) is 5.17 Å². The first-order valence-corrected chi connectivity index (χ1v) is 10.9. The van der Waals surface area contributed by atoms with Crippen molar-refractivity contribution in [3.63, 3.8) is 0 Å². The number of halogens is 1. The van der Waals surface area contributed by atoms with Gasteiger partial charge in [0.25, 0.3) is 0 Å². The van der Waals surface area contributed by atoms with Crippen LogP contribution in [0.4, 0.5) is 10.1 Å². The Bertz CT molecular complexity index is 1050. The molecular formula is C23H24FN3O4S. The highest BCUT2D eigenvalue weighted by Gasteiger charge is 2.30. The molecule has 0 aromatic heterocycles. The Morgan fingerprint density at radius 3 is 2.66 bits per heavy atom. The first-order valence-electron chi connectivity index (χ1n) is 9.96. The summed E-state index contributed by atoms with van der Waals surface area (Å²) in [5.74, 6) is -0.349. The van der Waals surface area contributed by atoms with Crippen molar-refractivity contribution in [1.82, 2.24) is 5.32 Å². The third kappa shape index (κ3) is 5.88. The molecule has 1 aliphatic rings. The smallest absolute Gasteiger partial charge is 0.338 e. The van der Waals surface area contributed by atoms with E-state index in [-0.39, 0.29) is 24.1 Å². The van der Waals surface area contributed by atoms with Crippen LogP contribution in [0.1, 0.15) is 25.5 Å². The van der Waals surface area contributed by atoms with E-state index >= 15 is 0 Å². The summed E-state index contributed by atoms with van der Waals surface area (Å²) < 4.78 is 23.8. The Labute approximate surface area is 190 Å². The molecule has 1 amide bonds. The zero-order valence-corrected chi connectivity index (χ0v) is 18.8. The van der Waals surface area contributed by atoms with Gasteiger partial charge in [-0.15, -0.1) is 0 Å². The minimum atomic E-state index is -0.667. The van der Waals surface area contributed by atoms with Gasteiger partial charge in [-0.3, -0.25) is 4.79 Å². The Morgan fingerprint density at radius 2 is 1.97 bits per heavy atom. The quantitative estimate of drug-likeness (QED) is 0.610. The number of anilines is 1. The van der Waals surface area contributed by atoms with Crippen LogP contribution in [-0.4, -0.2) is 36.5 Å². The summed E-state index contributed by atoms with van der Waals surface area (Å²) in [5, 5.41) is 6.36. The largest absolute Gasteiger partial charge is 0.497 e. The van der Waals surface area contributed by atoms with Gasteiger partial charge < -0.3 is 20.1 Å². The predicted molar refractivity (Wildman–Crippen MR) is 123 cm³/mol. The minimum Gasteiger partial charge on any atom is -0.497 e. The van der Waals surface area contributed by atoms with Crippen LogP contribution in [0.25, 0.3) is 0 Å². The number of benzene rings is 2. The molecule has 0 bridgehead atoms. The van der Waals surface area contributed by atoms with E-state index in [1.54, 1.807) is 57.4 Å². The summed E-state index contributed by atoms with van der Waals surface area (Å²) in [5.41, 5.74) is 2.19. The van der Waals surface area contributed by atoms with Crippen LogP contribution < -0.4 is 15.4 Å². The number of amides is 1. The van der Waals surface area contributed by atoms with Crippen LogP contribution >= 0.6 is 11.8 Å². The number of rotatable bonds is 7. The zero-order valence-electron chi connectivity index (χ0n) is 18.0. The average molecular weight is 458 g/mol. The maximum Gasteiger partial charge on any atom is 0.338 e. The van der Waals surface area contributed by atoms with Crippen molar-refractivity contribution in [3.8, 4) is 5.75 Å². The summed E-state index contributed by atoms with van der Waals surface area (Å²) in [6, 6.07) is 12.2. The highest BCUT2D eigenvalue weighted by Crippen LogP contribution is 2.33. The fourth-order valence-electron chi connectivity index (χ4n) is 3.11. The van der Waals surface area contributed by atoms with Crippen LogP contribution in [0.3, 0.4) is 0 Å². The van der Waals surface area contributed by atoms with E-state index in [0.29, 0.717) is 33.4 Å². The second kappa shape index (κ2) is 10.8. The summed E-state index contributed by atoms with van der Waals surface area (Å²) >= 11 is 1.20. The summed E-state index contributed by atoms with van der Waals surface area (Å²) in [4.78, 5) is 29.6. The van der Waals surface area contributed by atoms with Gasteiger partial charge in [0, 0.05) is 17.5 Å². The van der Waals surface area contributed by atoms with Crippen LogP contribution in [0.5, 0.6) is 5.75 Å². The van der Waals surface area contributed by atoms with Crippen LogP contribution in [0.2, 0.25) is 0 Å². The molecule has 3 rings (SSSR count). The molecule has 168 valence electrons. The molecule has 2 aromatic carbocycles. The standard InChI is InChI=1S/C23H24FN3O4S/c1-4-31-22(29)20-14(2)25-23(27-21(20)15-8-10-16(24)11-9-15)32-13-19(28)26-17-6-5-7-18(12-17)30-3/h5-12,21H,4,13H2,1-3H3,(H,25,27)(H,26,28)/t21-/m0/s1. The molecule has 0 radical (unpaired) electrons. The van der Waals surface area contributed by atoms with Gasteiger partial charge in [0.2, 0.25) is 5.91 Å². The number of amidine groups is 1. The van der Waals surface area contributed by atoms with Gasteiger partial charge in [-0.2, -0.15) is 0 Å². The molecule has 2 N–H and O–H groups in total. The molecule has 1 aliphatic heterocycles. The molecule has 1 heterocycles. The number of esters is 1. The topological polar surface area (TPSA) is 89.0 Å². The van der Waals surface area contributed by atoms with Crippen LogP contribution in [-0.2, 0) is 14.3 Å². The number of hydrogen-bond acceptors (Lipinski definition) is 7. The molecule has 1 atom stereocenters. The second-order valence-electron chi connectivity index (χ2n) is 6.84. The van der Waals surface area contributed by atoms with Gasteiger partial charge in [-0.25, -0.2) is 14.2 Å². The van der Waals surface area contributed by atoms with Crippen molar-refractivity contribution in [3.05, 3.63) is 71.2 Å². The van der Waals surface area contributed by atoms with E-state index < -0.39 is 12.0 Å². The van der Waals surface area contributed by atoms with Crippen LogP contribution in [0.15, 0.2) is 64.8 Å². The number of nitrogens with one attached hydrogen (secondary N) is 2. The molecule has 9 heteroatoms. The Hall–Kier alpha value is -3.33. The monoisotopic (exact) mass is 457 g/mol. The molecule has 0 spiro atoms. The first-order chi connectivity index (χ1) is 15.4. The summed E-state index contributed by atoms with van der Waals surface area (Å²) in [6.45, 7) is 3.69. The second-order valence-corrected chi connectivity index (χ2v) is 7.81. The SMILES string of the molecule is CCOC(=O)C1=C(C)NC(SCC(=O)Nc2cccc(OC)c2)=N[C@H]1c1ccc(F)cc1. The van der Waals surface area contributed by atoms with Crippen molar-refractivity contribution in [2.45, 2.75) is 19.9 Å². The molecule has 2 aromatic rings. The van der Waals surface area contributed by atoms with Crippen molar-refractivity contribution in [1.29, 1.82) is 0 Å². The molecule has 32 heavy (non-hydrogen) atoms. The molecule has 0 saturated heterocycles.